The van der Waals surface area contributed by atoms with Crippen molar-refractivity contribution >= 4 is 12.1 Å². The Balaban J connectivity index is 2.49. The molecule has 0 spiro atoms. The summed E-state index contributed by atoms with van der Waals surface area (Å²) in [7, 11) is 0. The van der Waals surface area contributed by atoms with Crippen LogP contribution in [0.4, 0.5) is 4.79 Å². The molecule has 1 aromatic heterocycles. The van der Waals surface area contributed by atoms with Gasteiger partial charge in [0.05, 0.1) is 17.6 Å². The van der Waals surface area contributed by atoms with Crippen molar-refractivity contribution in [2.45, 2.75) is 26.7 Å². The summed E-state index contributed by atoms with van der Waals surface area (Å²) in [6.45, 7) is 3.58. The lowest BCUT2D eigenvalue weighted by atomic mass is 10.2. The standard InChI is InChI=1S/C13H18N3O6/c1-10(2)22-13(18)20-9-16-6-3-4-11(8-16)12(17)14-5-7-21-15-19/h3-4,6,8,10,15H,5,7,9H2,1-2H3/q+1/p+1. The Morgan fingerprint density at radius 2 is 2.18 bits per heavy atom. The van der Waals surface area contributed by atoms with Gasteiger partial charge < -0.3 is 14.8 Å². The number of ether oxygens (including phenoxy) is 2. The molecular weight excluding hydrogens is 294 g/mol. The molecule has 1 amide bonds. The summed E-state index contributed by atoms with van der Waals surface area (Å²) in [4.78, 5) is 37.3. The largest absolute Gasteiger partial charge is 0.513 e. The molecule has 0 unspecified atom stereocenters. The molecule has 0 bridgehead atoms. The lowest BCUT2D eigenvalue weighted by molar-refractivity contribution is -0.769. The molecule has 2 N–H and O–H groups in total. The molecular formula is C13H19N3O6+2. The maximum Gasteiger partial charge on any atom is 0.513 e. The van der Waals surface area contributed by atoms with E-state index in [4.69, 9.17) is 9.47 Å². The highest BCUT2D eigenvalue weighted by molar-refractivity contribution is 5.93. The molecule has 1 aromatic rings. The van der Waals surface area contributed by atoms with Gasteiger partial charge in [0.15, 0.2) is 19.0 Å². The van der Waals surface area contributed by atoms with E-state index in [9.17, 15) is 14.5 Å². The Morgan fingerprint density at radius 3 is 2.86 bits per heavy atom. The number of hydrogen-bond donors (Lipinski definition) is 2. The van der Waals surface area contributed by atoms with Gasteiger partial charge in [-0.3, -0.25) is 4.79 Å². The van der Waals surface area contributed by atoms with Crippen LogP contribution in [0.15, 0.2) is 24.5 Å². The van der Waals surface area contributed by atoms with E-state index in [0.717, 1.165) is 0 Å². The van der Waals surface area contributed by atoms with Crippen LogP contribution in [0.3, 0.4) is 0 Å². The molecule has 0 aromatic carbocycles. The molecule has 1 heterocycles. The number of hydrogen-bond acceptors (Lipinski definition) is 6. The smallest absolute Gasteiger partial charge is 0.431 e. The molecule has 22 heavy (non-hydrogen) atoms. The second-order valence-corrected chi connectivity index (χ2v) is 4.48. The predicted octanol–water partition coefficient (Wildman–Crippen LogP) is -0.998. The fraction of sp³-hybridized carbons (Fsp3) is 0.462. The Kier molecular flexibility index (Phi) is 7.31. The molecule has 0 aliphatic heterocycles. The molecule has 9 heteroatoms. The number of nitrogens with one attached hydrogen (secondary N) is 2. The summed E-state index contributed by atoms with van der Waals surface area (Å²) < 4.78 is 11.2. The number of carbonyl (C=O) groups excluding carboxylic acids is 2. The summed E-state index contributed by atoms with van der Waals surface area (Å²) in [5.74, 6) is -0.339. The predicted molar refractivity (Wildman–Crippen MR) is 72.0 cm³/mol. The van der Waals surface area contributed by atoms with E-state index in [2.05, 4.69) is 10.2 Å². The van der Waals surface area contributed by atoms with Crippen molar-refractivity contribution in [1.82, 2.24) is 5.32 Å². The Bertz CT molecular complexity index is 520. The van der Waals surface area contributed by atoms with Crippen LogP contribution in [0.5, 0.6) is 0 Å². The summed E-state index contributed by atoms with van der Waals surface area (Å²) in [5.41, 5.74) is 0.374. The highest BCUT2D eigenvalue weighted by Crippen LogP contribution is 1.96. The minimum Gasteiger partial charge on any atom is -0.431 e. The van der Waals surface area contributed by atoms with Crippen molar-refractivity contribution in [3.05, 3.63) is 35.0 Å². The molecule has 0 fully saturated rings. The monoisotopic (exact) mass is 313 g/mol. The van der Waals surface area contributed by atoms with E-state index in [-0.39, 0.29) is 31.9 Å². The summed E-state index contributed by atoms with van der Waals surface area (Å²) >= 11 is 0. The van der Waals surface area contributed by atoms with Gasteiger partial charge in [-0.1, -0.05) is 0 Å². The van der Waals surface area contributed by atoms with E-state index in [1.165, 1.54) is 16.1 Å². The van der Waals surface area contributed by atoms with Gasteiger partial charge in [0.2, 0.25) is 5.34 Å². The molecule has 0 atom stereocenters. The van der Waals surface area contributed by atoms with Gasteiger partial charge in [-0.15, -0.1) is 0 Å². The van der Waals surface area contributed by atoms with Crippen molar-refractivity contribution in [3.8, 4) is 0 Å². The highest BCUT2D eigenvalue weighted by Gasteiger charge is 2.13. The van der Waals surface area contributed by atoms with Crippen LogP contribution in [0.25, 0.3) is 0 Å². The maximum atomic E-state index is 11.8. The maximum absolute atomic E-state index is 11.8. The zero-order valence-corrected chi connectivity index (χ0v) is 12.4. The quantitative estimate of drug-likeness (QED) is 0.276. The first-order chi connectivity index (χ1) is 10.5. The first-order valence-electron chi connectivity index (χ1n) is 6.62. The SMILES string of the molecule is CC(C)OC(=O)OC[n+]1cccc(C(=O)NCCO[NH+]=O)c1. The summed E-state index contributed by atoms with van der Waals surface area (Å²) in [6, 6.07) is 3.24. The van der Waals surface area contributed by atoms with Crippen molar-refractivity contribution in [2.75, 3.05) is 13.2 Å². The fourth-order valence-corrected chi connectivity index (χ4v) is 1.45. The van der Waals surface area contributed by atoms with Gasteiger partial charge >= 0.3 is 6.16 Å². The minimum atomic E-state index is -0.778. The Morgan fingerprint density at radius 1 is 1.41 bits per heavy atom. The van der Waals surface area contributed by atoms with Crippen molar-refractivity contribution in [2.24, 2.45) is 0 Å². The topological polar surface area (TPSA) is 109 Å². The van der Waals surface area contributed by atoms with Gasteiger partial charge in [0, 0.05) is 6.07 Å². The van der Waals surface area contributed by atoms with Crippen LogP contribution in [0.1, 0.15) is 24.2 Å². The second kappa shape index (κ2) is 9.27. The lowest BCUT2D eigenvalue weighted by Crippen LogP contribution is -2.63. The Hall–Kier alpha value is -2.71. The van der Waals surface area contributed by atoms with Crippen LogP contribution in [-0.2, 0) is 21.0 Å². The van der Waals surface area contributed by atoms with Gasteiger partial charge in [-0.25, -0.2) is 9.63 Å². The van der Waals surface area contributed by atoms with Crippen molar-refractivity contribution in [1.29, 1.82) is 0 Å². The van der Waals surface area contributed by atoms with Gasteiger partial charge in [0.1, 0.15) is 5.56 Å². The molecule has 0 saturated carbocycles. The number of amides is 1. The zero-order chi connectivity index (χ0) is 16.4. The van der Waals surface area contributed by atoms with Crippen LogP contribution in [0.2, 0.25) is 0 Å². The third-order valence-corrected chi connectivity index (χ3v) is 2.33. The molecule has 0 radical (unpaired) electrons. The number of rotatable bonds is 8. The number of pyridine rings is 1. The molecule has 9 nitrogen and oxygen atoms in total. The van der Waals surface area contributed by atoms with Gasteiger partial charge in [-0.05, 0) is 19.9 Å². The highest BCUT2D eigenvalue weighted by atomic mass is 16.7. The number of aromatic nitrogens is 1. The second-order valence-electron chi connectivity index (χ2n) is 4.48. The van der Waals surface area contributed by atoms with Crippen LogP contribution in [0, 0.1) is 4.91 Å². The molecule has 0 aliphatic rings. The van der Waals surface area contributed by atoms with E-state index < -0.39 is 6.16 Å². The molecule has 0 aliphatic carbocycles. The minimum absolute atomic E-state index is 0.0478. The average Bonchev–Trinajstić information content (AvgIpc) is 2.49. The average molecular weight is 313 g/mol. The lowest BCUT2D eigenvalue weighted by Gasteiger charge is -2.06. The normalized spacial score (nSPS) is 9.95. The van der Waals surface area contributed by atoms with Gasteiger partial charge in [0.25, 0.3) is 12.6 Å². The molecule has 120 valence electrons. The first kappa shape index (κ1) is 17.3. The summed E-state index contributed by atoms with van der Waals surface area (Å²) in [6.07, 6.45) is 2.12. The van der Waals surface area contributed by atoms with Crippen LogP contribution >= 0.6 is 0 Å². The van der Waals surface area contributed by atoms with Crippen LogP contribution in [-0.4, -0.2) is 31.3 Å². The Labute approximate surface area is 127 Å². The molecule has 1 rings (SSSR count). The van der Waals surface area contributed by atoms with Crippen LogP contribution < -0.4 is 15.2 Å². The number of carbonyl (C=O) groups is 2. The van der Waals surface area contributed by atoms with Crippen molar-refractivity contribution < 1.29 is 33.8 Å². The molecule has 0 saturated heterocycles. The summed E-state index contributed by atoms with van der Waals surface area (Å²) in [5, 5.41) is 3.83. The van der Waals surface area contributed by atoms with Gasteiger partial charge in [-0.2, -0.15) is 4.57 Å². The van der Waals surface area contributed by atoms with E-state index >= 15 is 0 Å². The number of nitrogens with zero attached hydrogens (tertiary/aromatic N) is 1. The third-order valence-electron chi connectivity index (χ3n) is 2.33. The van der Waals surface area contributed by atoms with E-state index in [1.807, 2.05) is 0 Å². The third kappa shape index (κ3) is 6.64. The zero-order valence-electron chi connectivity index (χ0n) is 12.4. The fourth-order valence-electron chi connectivity index (χ4n) is 1.45. The van der Waals surface area contributed by atoms with E-state index in [0.29, 0.717) is 5.56 Å². The first-order valence-corrected chi connectivity index (χ1v) is 6.62. The van der Waals surface area contributed by atoms with Crippen molar-refractivity contribution in [3.63, 3.8) is 0 Å². The van der Waals surface area contributed by atoms with E-state index in [1.54, 1.807) is 32.2 Å².